The maximum absolute atomic E-state index is 12.5. The molecule has 2 aromatic carbocycles. The van der Waals surface area contributed by atoms with Crippen LogP contribution in [0.5, 0.6) is 0 Å². The minimum absolute atomic E-state index is 0.0254. The number of carbonyl (C=O) groups is 3. The molecule has 1 N–H and O–H groups in total. The molecule has 4 atom stereocenters. The van der Waals surface area contributed by atoms with Gasteiger partial charge in [-0.3, -0.25) is 9.59 Å². The summed E-state index contributed by atoms with van der Waals surface area (Å²) in [7, 11) is 0. The van der Waals surface area contributed by atoms with Gasteiger partial charge in [-0.1, -0.05) is 54.6 Å². The molecule has 2 aliphatic rings. The van der Waals surface area contributed by atoms with E-state index >= 15 is 0 Å². The van der Waals surface area contributed by atoms with Gasteiger partial charge in [-0.2, -0.15) is 0 Å². The van der Waals surface area contributed by atoms with Crippen molar-refractivity contribution < 1.29 is 24.2 Å². The third-order valence-corrected chi connectivity index (χ3v) is 6.21. The van der Waals surface area contributed by atoms with Crippen LogP contribution < -0.4 is 0 Å². The van der Waals surface area contributed by atoms with Crippen LogP contribution in [0.3, 0.4) is 0 Å². The van der Waals surface area contributed by atoms with Crippen LogP contribution in [0.4, 0.5) is 0 Å². The van der Waals surface area contributed by atoms with Crippen molar-refractivity contribution >= 4 is 17.7 Å². The SMILES string of the molecule is O=C(/C=C\C1C(c2ccccc2C(=O)O)CC2OC(=O)C[C@H]21)CCc1ccccc1. The van der Waals surface area contributed by atoms with E-state index in [1.54, 1.807) is 18.2 Å². The Labute approximate surface area is 175 Å². The van der Waals surface area contributed by atoms with Crippen LogP contribution in [0, 0.1) is 11.8 Å². The van der Waals surface area contributed by atoms with Crippen LogP contribution in [-0.4, -0.2) is 28.9 Å². The summed E-state index contributed by atoms with van der Waals surface area (Å²) in [6.45, 7) is 0. The van der Waals surface area contributed by atoms with Gasteiger partial charge in [-0.05, 0) is 47.9 Å². The number of hydrogen-bond acceptors (Lipinski definition) is 4. The van der Waals surface area contributed by atoms with E-state index in [2.05, 4.69) is 0 Å². The minimum atomic E-state index is -0.971. The molecular formula is C25H24O5. The Bertz CT molecular complexity index is 978. The average Bonchev–Trinajstić information content (AvgIpc) is 3.27. The summed E-state index contributed by atoms with van der Waals surface area (Å²) in [6, 6.07) is 16.8. The van der Waals surface area contributed by atoms with Crippen LogP contribution in [0.15, 0.2) is 66.7 Å². The molecule has 154 valence electrons. The molecular weight excluding hydrogens is 380 g/mol. The normalized spacial score (nSPS) is 25.3. The van der Waals surface area contributed by atoms with Crippen molar-refractivity contribution in [2.75, 3.05) is 0 Å². The highest BCUT2D eigenvalue weighted by molar-refractivity contribution is 5.90. The molecule has 1 heterocycles. The van der Waals surface area contributed by atoms with Crippen molar-refractivity contribution in [3.05, 3.63) is 83.4 Å². The molecule has 3 unspecified atom stereocenters. The standard InChI is InChI=1S/C25H24O5/c26-17(11-10-16-6-2-1-3-7-16)12-13-19-21(14-23-22(19)15-24(27)30-23)18-8-4-5-9-20(18)25(28)29/h1-9,12-13,19,21-23H,10-11,14-15H2,(H,28,29)/b13-12-/t19?,21?,22-,23?/m0/s1. The maximum Gasteiger partial charge on any atom is 0.335 e. The zero-order chi connectivity index (χ0) is 21.1. The molecule has 2 aromatic rings. The number of ketones is 1. The predicted molar refractivity (Wildman–Crippen MR) is 111 cm³/mol. The summed E-state index contributed by atoms with van der Waals surface area (Å²) in [5.41, 5.74) is 2.12. The highest BCUT2D eigenvalue weighted by atomic mass is 16.6. The summed E-state index contributed by atoms with van der Waals surface area (Å²) in [4.78, 5) is 36.0. The van der Waals surface area contributed by atoms with Gasteiger partial charge in [0.15, 0.2) is 5.78 Å². The third kappa shape index (κ3) is 4.20. The highest BCUT2D eigenvalue weighted by Crippen LogP contribution is 2.50. The number of esters is 1. The second-order valence-corrected chi connectivity index (χ2v) is 8.02. The lowest BCUT2D eigenvalue weighted by Crippen LogP contribution is -2.16. The maximum atomic E-state index is 12.5. The van der Waals surface area contributed by atoms with Crippen LogP contribution in [-0.2, 0) is 20.7 Å². The van der Waals surface area contributed by atoms with E-state index in [-0.39, 0.29) is 41.2 Å². The largest absolute Gasteiger partial charge is 0.478 e. The molecule has 30 heavy (non-hydrogen) atoms. The van der Waals surface area contributed by atoms with Crippen molar-refractivity contribution in [3.8, 4) is 0 Å². The number of carboxylic acids is 1. The Morgan fingerprint density at radius 1 is 1.07 bits per heavy atom. The van der Waals surface area contributed by atoms with Crippen molar-refractivity contribution in [3.63, 3.8) is 0 Å². The first kappa shape index (κ1) is 20.1. The Kier molecular flexibility index (Phi) is 5.79. The van der Waals surface area contributed by atoms with E-state index in [0.717, 1.165) is 11.1 Å². The molecule has 1 aliphatic carbocycles. The number of allylic oxidation sites excluding steroid dienone is 2. The van der Waals surface area contributed by atoms with E-state index in [1.165, 1.54) is 0 Å². The molecule has 1 aliphatic heterocycles. The summed E-state index contributed by atoms with van der Waals surface area (Å²) in [6.07, 6.45) is 5.23. The second kappa shape index (κ2) is 8.66. The lowest BCUT2D eigenvalue weighted by molar-refractivity contribution is -0.141. The lowest BCUT2D eigenvalue weighted by Gasteiger charge is -2.21. The van der Waals surface area contributed by atoms with Gasteiger partial charge in [0.05, 0.1) is 12.0 Å². The fourth-order valence-electron chi connectivity index (χ4n) is 4.78. The number of carboxylic acid groups (broad SMARTS) is 1. The van der Waals surface area contributed by atoms with Gasteiger partial charge in [0.25, 0.3) is 0 Å². The van der Waals surface area contributed by atoms with Gasteiger partial charge in [-0.15, -0.1) is 0 Å². The van der Waals surface area contributed by atoms with Crippen molar-refractivity contribution in [1.29, 1.82) is 0 Å². The number of aromatic carboxylic acids is 1. The van der Waals surface area contributed by atoms with Gasteiger partial charge in [0.2, 0.25) is 0 Å². The average molecular weight is 404 g/mol. The van der Waals surface area contributed by atoms with E-state index < -0.39 is 5.97 Å². The molecule has 1 saturated heterocycles. The first-order valence-corrected chi connectivity index (χ1v) is 10.3. The first-order valence-electron chi connectivity index (χ1n) is 10.3. The summed E-state index contributed by atoms with van der Waals surface area (Å²) in [5.74, 6) is -1.40. The molecule has 4 rings (SSSR count). The van der Waals surface area contributed by atoms with Crippen LogP contribution in [0.2, 0.25) is 0 Å². The van der Waals surface area contributed by atoms with Gasteiger partial charge in [0, 0.05) is 12.3 Å². The van der Waals surface area contributed by atoms with Crippen molar-refractivity contribution in [2.45, 2.75) is 37.7 Å². The number of aryl methyl sites for hydroxylation is 1. The number of ether oxygens (including phenoxy) is 1. The van der Waals surface area contributed by atoms with E-state index in [4.69, 9.17) is 4.74 Å². The number of rotatable bonds is 7. The fraction of sp³-hybridized carbons (Fsp3) is 0.320. The fourth-order valence-corrected chi connectivity index (χ4v) is 4.78. The topological polar surface area (TPSA) is 80.7 Å². The third-order valence-electron chi connectivity index (χ3n) is 6.21. The molecule has 0 spiro atoms. The van der Waals surface area contributed by atoms with Gasteiger partial charge in [-0.25, -0.2) is 4.79 Å². The molecule has 1 saturated carbocycles. The number of fused-ring (bicyclic) bond motifs is 1. The molecule has 0 radical (unpaired) electrons. The van der Waals surface area contributed by atoms with Crippen LogP contribution >= 0.6 is 0 Å². The van der Waals surface area contributed by atoms with Gasteiger partial charge < -0.3 is 9.84 Å². The van der Waals surface area contributed by atoms with E-state index in [9.17, 15) is 19.5 Å². The molecule has 5 nitrogen and oxygen atoms in total. The molecule has 0 aromatic heterocycles. The zero-order valence-corrected chi connectivity index (χ0v) is 16.6. The van der Waals surface area contributed by atoms with E-state index in [0.29, 0.717) is 25.7 Å². The number of hydrogen-bond donors (Lipinski definition) is 1. The second-order valence-electron chi connectivity index (χ2n) is 8.02. The number of carbonyl (C=O) groups excluding carboxylic acids is 2. The monoisotopic (exact) mass is 404 g/mol. The van der Waals surface area contributed by atoms with Gasteiger partial charge in [0.1, 0.15) is 6.10 Å². The summed E-state index contributed by atoms with van der Waals surface area (Å²) in [5, 5.41) is 9.60. The van der Waals surface area contributed by atoms with Crippen LogP contribution in [0.25, 0.3) is 0 Å². The van der Waals surface area contributed by atoms with E-state index in [1.807, 2.05) is 48.5 Å². The minimum Gasteiger partial charge on any atom is -0.478 e. The lowest BCUT2D eigenvalue weighted by atomic mass is 9.81. The first-order chi connectivity index (χ1) is 14.5. The van der Waals surface area contributed by atoms with Gasteiger partial charge >= 0.3 is 11.9 Å². The molecule has 0 amide bonds. The van der Waals surface area contributed by atoms with Crippen molar-refractivity contribution in [1.82, 2.24) is 0 Å². The Morgan fingerprint density at radius 3 is 2.57 bits per heavy atom. The quantitative estimate of drug-likeness (QED) is 0.553. The Morgan fingerprint density at radius 2 is 1.80 bits per heavy atom. The van der Waals surface area contributed by atoms with Crippen molar-refractivity contribution in [2.24, 2.45) is 11.8 Å². The molecule has 0 bridgehead atoms. The summed E-state index contributed by atoms with van der Waals surface area (Å²) < 4.78 is 5.47. The zero-order valence-electron chi connectivity index (χ0n) is 16.6. The Hall–Kier alpha value is -3.21. The molecule has 5 heteroatoms. The van der Waals surface area contributed by atoms with Crippen LogP contribution in [0.1, 0.15) is 46.7 Å². The molecule has 2 fully saturated rings. The highest BCUT2D eigenvalue weighted by Gasteiger charge is 2.50. The Balaban J connectivity index is 1.53. The number of benzene rings is 2. The predicted octanol–water partition coefficient (Wildman–Crippen LogP) is 4.18. The summed E-state index contributed by atoms with van der Waals surface area (Å²) >= 11 is 0. The smallest absolute Gasteiger partial charge is 0.335 e.